The summed E-state index contributed by atoms with van der Waals surface area (Å²) in [6.07, 6.45) is 3.73. The molecular formula is C41H52N8O8. The van der Waals surface area contributed by atoms with Gasteiger partial charge in [0.2, 0.25) is 18.6 Å². The molecule has 5 atom stereocenters. The van der Waals surface area contributed by atoms with Crippen LogP contribution in [0.1, 0.15) is 76.8 Å². The predicted octanol–water partition coefficient (Wildman–Crippen LogP) is 4.93. The molecule has 2 fully saturated rings. The van der Waals surface area contributed by atoms with E-state index in [2.05, 4.69) is 25.9 Å². The largest absolute Gasteiger partial charge is 0.453 e. The predicted molar refractivity (Wildman–Crippen MR) is 211 cm³/mol. The summed E-state index contributed by atoms with van der Waals surface area (Å²) in [4.78, 5) is 67.8. The number of benzene rings is 2. The summed E-state index contributed by atoms with van der Waals surface area (Å²) in [5.74, 6) is 2.25. The molecule has 16 heteroatoms. The van der Waals surface area contributed by atoms with Crippen molar-refractivity contribution in [1.82, 2.24) is 35.7 Å². The summed E-state index contributed by atoms with van der Waals surface area (Å²) < 4.78 is 21.6. The zero-order valence-electron chi connectivity index (χ0n) is 33.3. The Labute approximate surface area is 332 Å². The van der Waals surface area contributed by atoms with Gasteiger partial charge in [-0.3, -0.25) is 14.6 Å². The van der Waals surface area contributed by atoms with Gasteiger partial charge in [0.25, 0.3) is 0 Å². The molecular weight excluding hydrogens is 732 g/mol. The number of hydrogen-bond acceptors (Lipinski definition) is 11. The van der Waals surface area contributed by atoms with Crippen molar-refractivity contribution in [3.63, 3.8) is 0 Å². The standard InChI is InChI=1S/C41H52N8O8/c1-22(2)32(46-40(52)54-5)38(50)48-17-7-9-30(48)36-42-19-28(44-36)25-13-11-24(12-14-25)26-15-16-27(35-34(26)56-21-57-35)29-20-43-37(45-29)31-10-8-18-49(31)39(51)33(23(3)4)47-41(53)55-6/h11-16,19,22-23,29-33H,7-10,17-18,20-21H2,1-6H3,(H,42,44)(H,43,45)(H,46,52)(H,47,53)/t29?,30-,31-,32-,33-/m0/s1. The van der Waals surface area contributed by atoms with Gasteiger partial charge in [0.05, 0.1) is 50.8 Å². The van der Waals surface area contributed by atoms with E-state index in [0.29, 0.717) is 37.0 Å². The lowest BCUT2D eigenvalue weighted by atomic mass is 9.97. The Kier molecular flexibility index (Phi) is 11.6. The molecule has 4 N–H and O–H groups in total. The number of alkyl carbamates (subject to hydrolysis) is 2. The molecule has 1 aromatic heterocycles. The molecule has 4 amide bonds. The molecule has 3 aromatic rings. The molecule has 0 saturated carbocycles. The van der Waals surface area contributed by atoms with Crippen molar-refractivity contribution in [2.24, 2.45) is 16.8 Å². The van der Waals surface area contributed by atoms with Gasteiger partial charge >= 0.3 is 12.2 Å². The molecule has 0 bridgehead atoms. The van der Waals surface area contributed by atoms with E-state index >= 15 is 0 Å². The molecule has 16 nitrogen and oxygen atoms in total. The van der Waals surface area contributed by atoms with Gasteiger partial charge in [-0.05, 0) is 48.6 Å². The molecule has 4 aliphatic rings. The van der Waals surface area contributed by atoms with Crippen molar-refractivity contribution in [2.45, 2.75) is 83.6 Å². The molecule has 5 heterocycles. The van der Waals surface area contributed by atoms with Crippen LogP contribution in [0.25, 0.3) is 22.4 Å². The Balaban J connectivity index is 1.03. The molecule has 0 radical (unpaired) electrons. The Morgan fingerprint density at radius 1 is 0.789 bits per heavy atom. The molecule has 57 heavy (non-hydrogen) atoms. The van der Waals surface area contributed by atoms with Gasteiger partial charge in [-0.15, -0.1) is 0 Å². The highest BCUT2D eigenvalue weighted by Gasteiger charge is 2.41. The quantitative estimate of drug-likeness (QED) is 0.208. The zero-order valence-corrected chi connectivity index (χ0v) is 33.3. The maximum absolute atomic E-state index is 13.7. The maximum atomic E-state index is 13.7. The first-order chi connectivity index (χ1) is 27.5. The van der Waals surface area contributed by atoms with Gasteiger partial charge < -0.3 is 49.7 Å². The van der Waals surface area contributed by atoms with Crippen LogP contribution in [0.2, 0.25) is 0 Å². The summed E-state index contributed by atoms with van der Waals surface area (Å²) in [7, 11) is 2.57. The first-order valence-corrected chi connectivity index (χ1v) is 19.7. The number of carbonyl (C=O) groups is 4. The van der Waals surface area contributed by atoms with Crippen LogP contribution >= 0.6 is 0 Å². The Morgan fingerprint density at radius 2 is 1.37 bits per heavy atom. The van der Waals surface area contributed by atoms with Crippen LogP contribution in [0, 0.1) is 11.8 Å². The average molecular weight is 785 g/mol. The monoisotopic (exact) mass is 784 g/mol. The Hall–Kier alpha value is -5.80. The minimum absolute atomic E-state index is 0.0980. The van der Waals surface area contributed by atoms with E-state index in [1.54, 1.807) is 11.1 Å². The fourth-order valence-electron chi connectivity index (χ4n) is 8.22. The molecule has 0 aliphatic carbocycles. The lowest BCUT2D eigenvalue weighted by Gasteiger charge is -2.31. The Morgan fingerprint density at radius 3 is 1.98 bits per heavy atom. The number of H-pyrrole nitrogens is 1. The molecule has 304 valence electrons. The van der Waals surface area contributed by atoms with Gasteiger partial charge in [0.1, 0.15) is 23.7 Å². The first kappa shape index (κ1) is 39.4. The number of amidine groups is 1. The Bertz CT molecular complexity index is 2010. The third-order valence-electron chi connectivity index (χ3n) is 11.3. The minimum Gasteiger partial charge on any atom is -0.453 e. The van der Waals surface area contributed by atoms with Crippen molar-refractivity contribution >= 4 is 29.8 Å². The lowest BCUT2D eigenvalue weighted by molar-refractivity contribution is -0.135. The number of fused-ring (bicyclic) bond motifs is 1. The number of aliphatic imine (C=N–C) groups is 1. The molecule has 2 saturated heterocycles. The van der Waals surface area contributed by atoms with Crippen molar-refractivity contribution < 1.29 is 38.1 Å². The summed E-state index contributed by atoms with van der Waals surface area (Å²) in [5.41, 5.74) is 4.54. The highest BCUT2D eigenvalue weighted by atomic mass is 16.7. The van der Waals surface area contributed by atoms with Gasteiger partial charge in [-0.25, -0.2) is 14.6 Å². The first-order valence-electron chi connectivity index (χ1n) is 19.7. The number of amides is 4. The third kappa shape index (κ3) is 7.94. The number of likely N-dealkylation sites (tertiary alicyclic amines) is 2. The molecule has 7 rings (SSSR count). The second kappa shape index (κ2) is 16.7. The maximum Gasteiger partial charge on any atom is 0.407 e. The van der Waals surface area contributed by atoms with Crippen LogP contribution in [0.3, 0.4) is 0 Å². The summed E-state index contributed by atoms with van der Waals surface area (Å²) in [6.45, 7) is 9.33. The fourth-order valence-corrected chi connectivity index (χ4v) is 8.22. The number of imidazole rings is 1. The number of nitrogens with one attached hydrogen (secondary N) is 4. The average Bonchev–Trinajstić information content (AvgIpc) is 4.07. The number of aromatic nitrogens is 2. The normalized spacial score (nSPS) is 21.0. The van der Waals surface area contributed by atoms with E-state index in [-0.39, 0.29) is 48.6 Å². The van der Waals surface area contributed by atoms with Gasteiger partial charge in [0, 0.05) is 24.2 Å². The number of carbonyl (C=O) groups excluding carboxylic acids is 4. The van der Waals surface area contributed by atoms with Gasteiger partial charge in [-0.2, -0.15) is 0 Å². The summed E-state index contributed by atoms with van der Waals surface area (Å²) >= 11 is 0. The SMILES string of the molecule is COC(=O)N[C@H](C(=O)N1CCC[C@H]1C1=NCC(c2ccc(-c3ccc(-c4cnc([C@@H]5CCCN5C(=O)[C@@H](NC(=O)OC)C(C)C)[nH]4)cc3)c3c2OCO3)N1)C(C)C. The van der Waals surface area contributed by atoms with E-state index in [9.17, 15) is 19.2 Å². The second-order valence-corrected chi connectivity index (χ2v) is 15.5. The van der Waals surface area contributed by atoms with E-state index in [0.717, 1.165) is 59.5 Å². The molecule has 1 unspecified atom stereocenters. The van der Waals surface area contributed by atoms with Gasteiger partial charge in [0.15, 0.2) is 11.5 Å². The lowest BCUT2D eigenvalue weighted by Crippen LogP contribution is -2.54. The van der Waals surface area contributed by atoms with E-state index in [4.69, 9.17) is 23.9 Å². The number of rotatable bonds is 11. The van der Waals surface area contributed by atoms with Crippen molar-refractivity contribution in [3.05, 3.63) is 54.0 Å². The van der Waals surface area contributed by atoms with Crippen molar-refractivity contribution in [2.75, 3.05) is 40.6 Å². The second-order valence-electron chi connectivity index (χ2n) is 15.5. The molecule has 2 aromatic carbocycles. The number of ether oxygens (including phenoxy) is 4. The highest BCUT2D eigenvalue weighted by Crippen LogP contribution is 2.46. The van der Waals surface area contributed by atoms with Crippen LogP contribution in [0.15, 0.2) is 47.6 Å². The van der Waals surface area contributed by atoms with Crippen LogP contribution < -0.4 is 25.4 Å². The number of aromatic amines is 1. The highest BCUT2D eigenvalue weighted by molar-refractivity contribution is 5.95. The molecule has 0 spiro atoms. The number of nitrogens with zero attached hydrogens (tertiary/aromatic N) is 4. The third-order valence-corrected chi connectivity index (χ3v) is 11.3. The zero-order chi connectivity index (χ0) is 40.4. The van der Waals surface area contributed by atoms with Crippen LogP contribution in [-0.4, -0.2) is 108 Å². The van der Waals surface area contributed by atoms with E-state index in [1.165, 1.54) is 14.2 Å². The van der Waals surface area contributed by atoms with Crippen molar-refractivity contribution in [1.29, 1.82) is 0 Å². The van der Waals surface area contributed by atoms with Crippen LogP contribution in [-0.2, 0) is 19.1 Å². The fraction of sp³-hybridized carbons (Fsp3) is 0.512. The van der Waals surface area contributed by atoms with Crippen LogP contribution in [0.5, 0.6) is 11.5 Å². The minimum atomic E-state index is -0.703. The van der Waals surface area contributed by atoms with E-state index < -0.39 is 24.3 Å². The van der Waals surface area contributed by atoms with Gasteiger partial charge in [-0.1, -0.05) is 64.1 Å². The van der Waals surface area contributed by atoms with E-state index in [1.807, 2.05) is 69.0 Å². The molecule has 4 aliphatic heterocycles. The topological polar surface area (TPSA) is 189 Å². The van der Waals surface area contributed by atoms with Crippen LogP contribution in [0.4, 0.5) is 9.59 Å². The number of methoxy groups -OCH3 is 2. The van der Waals surface area contributed by atoms with Crippen molar-refractivity contribution in [3.8, 4) is 33.9 Å². The summed E-state index contributed by atoms with van der Waals surface area (Å²) in [6, 6.07) is 10.2. The summed E-state index contributed by atoms with van der Waals surface area (Å²) in [5, 5.41) is 8.97. The number of hydrogen-bond donors (Lipinski definition) is 4. The smallest absolute Gasteiger partial charge is 0.407 e.